The van der Waals surface area contributed by atoms with Crippen LogP contribution in [0.4, 0.5) is 11.8 Å². The number of likely N-dealkylation sites (N-methyl/N-ethyl adjacent to an activating group) is 1. The van der Waals surface area contributed by atoms with E-state index in [1.165, 1.54) is 5.56 Å². The number of pyridine rings is 1. The minimum absolute atomic E-state index is 0.711. The molecular formula is C16H23N5. The lowest BCUT2D eigenvalue weighted by Gasteiger charge is -2.19. The number of aromatic nitrogens is 3. The van der Waals surface area contributed by atoms with E-state index in [0.717, 1.165) is 37.4 Å². The van der Waals surface area contributed by atoms with Gasteiger partial charge in [-0.25, -0.2) is 4.98 Å². The quantitative estimate of drug-likeness (QED) is 0.847. The molecule has 0 aliphatic heterocycles. The van der Waals surface area contributed by atoms with Crippen LogP contribution in [0.1, 0.15) is 24.6 Å². The molecule has 2 rings (SSSR count). The highest BCUT2D eigenvalue weighted by molar-refractivity contribution is 5.44. The van der Waals surface area contributed by atoms with Crippen LogP contribution in [0.2, 0.25) is 0 Å². The molecular weight excluding hydrogens is 262 g/mol. The van der Waals surface area contributed by atoms with Crippen LogP contribution in [-0.2, 0) is 6.42 Å². The number of nitrogens with one attached hydrogen (secondary N) is 1. The van der Waals surface area contributed by atoms with Crippen molar-refractivity contribution >= 4 is 11.8 Å². The van der Waals surface area contributed by atoms with Crippen molar-refractivity contribution in [2.45, 2.75) is 26.7 Å². The summed E-state index contributed by atoms with van der Waals surface area (Å²) in [5.74, 6) is 1.66. The van der Waals surface area contributed by atoms with Crippen LogP contribution < -0.4 is 10.2 Å². The van der Waals surface area contributed by atoms with Crippen molar-refractivity contribution in [3.8, 4) is 0 Å². The lowest BCUT2D eigenvalue weighted by molar-refractivity contribution is 0.849. The first kappa shape index (κ1) is 15.2. The minimum atomic E-state index is 0.711. The van der Waals surface area contributed by atoms with Gasteiger partial charge >= 0.3 is 0 Å². The van der Waals surface area contributed by atoms with Gasteiger partial charge in [0.15, 0.2) is 0 Å². The zero-order chi connectivity index (χ0) is 15.1. The van der Waals surface area contributed by atoms with E-state index in [1.54, 1.807) is 0 Å². The summed E-state index contributed by atoms with van der Waals surface area (Å²) in [6.07, 6.45) is 5.69. The molecule has 0 amide bonds. The van der Waals surface area contributed by atoms with Gasteiger partial charge in [0.1, 0.15) is 5.82 Å². The van der Waals surface area contributed by atoms with Crippen molar-refractivity contribution < 1.29 is 0 Å². The average Bonchev–Trinajstić information content (AvgIpc) is 2.51. The Bertz CT molecular complexity index is 556. The molecule has 0 aliphatic carbocycles. The second kappa shape index (κ2) is 7.57. The van der Waals surface area contributed by atoms with E-state index in [1.807, 2.05) is 37.5 Å². The Morgan fingerprint density at radius 2 is 1.95 bits per heavy atom. The fraction of sp³-hybridized carbons (Fsp3) is 0.438. The standard InChI is InChI=1S/C16H23N5/c1-4-8-18-16-19-13(2)12-15(20-16)21(3)11-7-14-5-9-17-10-6-14/h5-6,9-10,12H,4,7-8,11H2,1-3H3,(H,18,19,20). The van der Waals surface area contributed by atoms with Crippen LogP contribution in [0.5, 0.6) is 0 Å². The molecule has 0 saturated carbocycles. The molecule has 0 fully saturated rings. The maximum absolute atomic E-state index is 4.57. The van der Waals surface area contributed by atoms with E-state index in [2.05, 4.69) is 39.1 Å². The van der Waals surface area contributed by atoms with E-state index in [4.69, 9.17) is 0 Å². The Morgan fingerprint density at radius 1 is 1.19 bits per heavy atom. The molecule has 0 atom stereocenters. The van der Waals surface area contributed by atoms with Gasteiger partial charge in [0, 0.05) is 44.3 Å². The monoisotopic (exact) mass is 285 g/mol. The predicted octanol–water partition coefficient (Wildman–Crippen LogP) is 2.68. The highest BCUT2D eigenvalue weighted by atomic mass is 15.2. The first-order valence-electron chi connectivity index (χ1n) is 7.38. The van der Waals surface area contributed by atoms with Crippen LogP contribution >= 0.6 is 0 Å². The van der Waals surface area contributed by atoms with Crippen LogP contribution in [0.15, 0.2) is 30.6 Å². The molecule has 5 heteroatoms. The Hall–Kier alpha value is -2.17. The molecule has 2 heterocycles. The summed E-state index contributed by atoms with van der Waals surface area (Å²) in [6, 6.07) is 6.12. The van der Waals surface area contributed by atoms with Gasteiger partial charge in [-0.2, -0.15) is 4.98 Å². The van der Waals surface area contributed by atoms with Gasteiger partial charge in [0.05, 0.1) is 0 Å². The third-order valence-electron chi connectivity index (χ3n) is 3.25. The van der Waals surface area contributed by atoms with Crippen molar-refractivity contribution in [2.24, 2.45) is 0 Å². The molecule has 5 nitrogen and oxygen atoms in total. The Balaban J connectivity index is 2.01. The average molecular weight is 285 g/mol. The third kappa shape index (κ3) is 4.70. The molecule has 21 heavy (non-hydrogen) atoms. The maximum Gasteiger partial charge on any atom is 0.224 e. The lowest BCUT2D eigenvalue weighted by Crippen LogP contribution is -2.22. The molecule has 2 aromatic heterocycles. The van der Waals surface area contributed by atoms with E-state index < -0.39 is 0 Å². The predicted molar refractivity (Wildman–Crippen MR) is 86.8 cm³/mol. The molecule has 0 aliphatic rings. The molecule has 0 saturated heterocycles. The Kier molecular flexibility index (Phi) is 5.49. The number of nitrogens with zero attached hydrogens (tertiary/aromatic N) is 4. The van der Waals surface area contributed by atoms with Crippen molar-refractivity contribution in [1.29, 1.82) is 0 Å². The summed E-state index contributed by atoms with van der Waals surface area (Å²) in [7, 11) is 2.06. The van der Waals surface area contributed by atoms with Gasteiger partial charge in [0.25, 0.3) is 0 Å². The van der Waals surface area contributed by atoms with Gasteiger partial charge in [-0.15, -0.1) is 0 Å². The number of anilines is 2. The van der Waals surface area contributed by atoms with Crippen LogP contribution in [0, 0.1) is 6.92 Å². The van der Waals surface area contributed by atoms with Crippen LogP contribution in [0.25, 0.3) is 0 Å². The van der Waals surface area contributed by atoms with Crippen LogP contribution in [0.3, 0.4) is 0 Å². The van der Waals surface area contributed by atoms with Gasteiger partial charge in [-0.1, -0.05) is 6.92 Å². The third-order valence-corrected chi connectivity index (χ3v) is 3.25. The normalized spacial score (nSPS) is 10.4. The fourth-order valence-electron chi connectivity index (χ4n) is 2.02. The zero-order valence-electron chi connectivity index (χ0n) is 13.0. The Labute approximate surface area is 126 Å². The first-order valence-corrected chi connectivity index (χ1v) is 7.38. The zero-order valence-corrected chi connectivity index (χ0v) is 13.0. The number of aryl methyl sites for hydroxylation is 1. The molecule has 2 aromatic rings. The molecule has 112 valence electrons. The second-order valence-corrected chi connectivity index (χ2v) is 5.14. The second-order valence-electron chi connectivity index (χ2n) is 5.14. The van der Waals surface area contributed by atoms with Crippen molar-refractivity contribution in [1.82, 2.24) is 15.0 Å². The van der Waals surface area contributed by atoms with Crippen molar-refractivity contribution in [3.63, 3.8) is 0 Å². The van der Waals surface area contributed by atoms with Crippen molar-refractivity contribution in [3.05, 3.63) is 41.9 Å². The number of rotatable bonds is 7. The highest BCUT2D eigenvalue weighted by Crippen LogP contribution is 2.14. The molecule has 1 N–H and O–H groups in total. The van der Waals surface area contributed by atoms with Gasteiger partial charge in [-0.05, 0) is 37.5 Å². The lowest BCUT2D eigenvalue weighted by atomic mass is 10.2. The molecule has 0 aromatic carbocycles. The molecule has 0 unspecified atom stereocenters. The summed E-state index contributed by atoms with van der Waals surface area (Å²) < 4.78 is 0. The summed E-state index contributed by atoms with van der Waals surface area (Å²) in [6.45, 7) is 5.93. The first-order chi connectivity index (χ1) is 10.2. The highest BCUT2D eigenvalue weighted by Gasteiger charge is 2.07. The van der Waals surface area contributed by atoms with Gasteiger partial charge in [-0.3, -0.25) is 4.98 Å². The van der Waals surface area contributed by atoms with E-state index in [9.17, 15) is 0 Å². The summed E-state index contributed by atoms with van der Waals surface area (Å²) in [5.41, 5.74) is 2.27. The van der Waals surface area contributed by atoms with E-state index in [-0.39, 0.29) is 0 Å². The van der Waals surface area contributed by atoms with E-state index >= 15 is 0 Å². The summed E-state index contributed by atoms with van der Waals surface area (Å²) in [5, 5.41) is 3.25. The maximum atomic E-state index is 4.57. The molecule has 0 radical (unpaired) electrons. The summed E-state index contributed by atoms with van der Waals surface area (Å²) >= 11 is 0. The topological polar surface area (TPSA) is 53.9 Å². The molecule has 0 bridgehead atoms. The largest absolute Gasteiger partial charge is 0.359 e. The van der Waals surface area contributed by atoms with Crippen LogP contribution in [-0.4, -0.2) is 35.1 Å². The van der Waals surface area contributed by atoms with Gasteiger partial charge in [0.2, 0.25) is 5.95 Å². The van der Waals surface area contributed by atoms with Crippen molar-refractivity contribution in [2.75, 3.05) is 30.4 Å². The number of hydrogen-bond donors (Lipinski definition) is 1. The SMILES string of the molecule is CCCNc1nc(C)cc(N(C)CCc2ccncc2)n1. The smallest absolute Gasteiger partial charge is 0.224 e. The van der Waals surface area contributed by atoms with E-state index in [0.29, 0.717) is 5.95 Å². The summed E-state index contributed by atoms with van der Waals surface area (Å²) in [4.78, 5) is 15.2. The van der Waals surface area contributed by atoms with Gasteiger partial charge < -0.3 is 10.2 Å². The number of hydrogen-bond acceptors (Lipinski definition) is 5. The molecule has 0 spiro atoms. The fourth-order valence-corrected chi connectivity index (χ4v) is 2.02. The Morgan fingerprint density at radius 3 is 2.67 bits per heavy atom. The minimum Gasteiger partial charge on any atom is -0.359 e.